The number of rotatable bonds is 6. The molecule has 0 radical (unpaired) electrons. The van der Waals surface area contributed by atoms with Crippen molar-refractivity contribution in [3.8, 4) is 5.75 Å². The molecule has 4 rings (SSSR count). The van der Waals surface area contributed by atoms with Gasteiger partial charge in [-0.15, -0.1) is 0 Å². The van der Waals surface area contributed by atoms with Gasteiger partial charge in [0.25, 0.3) is 5.91 Å². The Balaban J connectivity index is 1.42. The van der Waals surface area contributed by atoms with Gasteiger partial charge < -0.3 is 21.1 Å². The van der Waals surface area contributed by atoms with Crippen molar-refractivity contribution in [3.05, 3.63) is 101 Å². The number of nitrogens with one attached hydrogen (secondary N) is 3. The molecule has 4 aromatic rings. The van der Waals surface area contributed by atoms with Gasteiger partial charge in [0.05, 0.1) is 5.56 Å². The molecule has 0 bridgehead atoms. The molecule has 0 spiro atoms. The number of hydrogen-bond acceptors (Lipinski definition) is 3. The summed E-state index contributed by atoms with van der Waals surface area (Å²) in [5.74, 6) is -7.30. The van der Waals surface area contributed by atoms with Crippen LogP contribution in [-0.4, -0.2) is 23.6 Å². The Kier molecular flexibility index (Phi) is 7.28. The zero-order chi connectivity index (χ0) is 26.7. The number of carbonyl (C=O) groups is 2. The number of urea groups is 1. The van der Waals surface area contributed by atoms with Gasteiger partial charge in [0.15, 0.2) is 23.3 Å². The van der Waals surface area contributed by atoms with Gasteiger partial charge in [-0.1, -0.05) is 48.5 Å². The van der Waals surface area contributed by atoms with Crippen molar-refractivity contribution in [1.29, 1.82) is 0 Å². The number of anilines is 2. The lowest BCUT2D eigenvalue weighted by Gasteiger charge is -2.14. The standard InChI is InChI=1S/C27H21F4N3O3/c1-14-20(28)22(30)24(23(31)21(14)29)34-27(37)33-19-9-5-3-7-16(19)12-13-32-26(36)18-11-10-15-6-2-4-8-17(15)25(18)35/h2-11,35H,12-13H2,1H3,(H,32,36)(H2,33,34,37). The second-order valence-corrected chi connectivity index (χ2v) is 8.18. The second-order valence-electron chi connectivity index (χ2n) is 8.18. The van der Waals surface area contributed by atoms with E-state index in [0.29, 0.717) is 10.9 Å². The lowest BCUT2D eigenvalue weighted by molar-refractivity contribution is 0.0951. The first kappa shape index (κ1) is 25.5. The third-order valence-electron chi connectivity index (χ3n) is 5.81. The molecule has 0 fully saturated rings. The Morgan fingerprint density at radius 2 is 1.46 bits per heavy atom. The molecule has 0 saturated heterocycles. The fourth-order valence-electron chi connectivity index (χ4n) is 3.82. The Morgan fingerprint density at radius 3 is 2.19 bits per heavy atom. The van der Waals surface area contributed by atoms with Gasteiger partial charge in [-0.25, -0.2) is 22.4 Å². The number of para-hydroxylation sites is 1. The summed E-state index contributed by atoms with van der Waals surface area (Å²) in [6.45, 7) is 1.00. The molecule has 0 unspecified atom stereocenters. The smallest absolute Gasteiger partial charge is 0.323 e. The fraction of sp³-hybridized carbons (Fsp3) is 0.111. The maximum Gasteiger partial charge on any atom is 0.323 e. The van der Waals surface area contributed by atoms with Crippen LogP contribution in [0.5, 0.6) is 5.75 Å². The molecule has 0 aliphatic rings. The van der Waals surface area contributed by atoms with Crippen LogP contribution in [0.25, 0.3) is 10.8 Å². The molecule has 10 heteroatoms. The molecule has 0 aliphatic heterocycles. The van der Waals surface area contributed by atoms with Crippen LogP contribution in [0.4, 0.5) is 33.7 Å². The van der Waals surface area contributed by atoms with Gasteiger partial charge >= 0.3 is 6.03 Å². The number of halogens is 4. The summed E-state index contributed by atoms with van der Waals surface area (Å²) in [7, 11) is 0. The largest absolute Gasteiger partial charge is 0.506 e. The summed E-state index contributed by atoms with van der Waals surface area (Å²) in [5.41, 5.74) is -1.19. The summed E-state index contributed by atoms with van der Waals surface area (Å²) in [4.78, 5) is 25.0. The molecule has 4 aromatic carbocycles. The van der Waals surface area contributed by atoms with Gasteiger partial charge in [0.1, 0.15) is 11.4 Å². The van der Waals surface area contributed by atoms with E-state index in [2.05, 4.69) is 10.6 Å². The fourth-order valence-corrected chi connectivity index (χ4v) is 3.82. The van der Waals surface area contributed by atoms with Gasteiger partial charge in [-0.2, -0.15) is 0 Å². The average Bonchev–Trinajstić information content (AvgIpc) is 2.90. The molecule has 0 aliphatic carbocycles. The van der Waals surface area contributed by atoms with E-state index < -0.39 is 46.5 Å². The van der Waals surface area contributed by atoms with E-state index in [0.717, 1.165) is 12.3 Å². The lowest BCUT2D eigenvalue weighted by Crippen LogP contribution is -2.26. The van der Waals surface area contributed by atoms with Crippen LogP contribution in [0, 0.1) is 30.2 Å². The normalized spacial score (nSPS) is 10.8. The lowest BCUT2D eigenvalue weighted by atomic mass is 10.0. The van der Waals surface area contributed by atoms with Crippen LogP contribution in [0.3, 0.4) is 0 Å². The highest BCUT2D eigenvalue weighted by Crippen LogP contribution is 2.29. The average molecular weight is 511 g/mol. The van der Waals surface area contributed by atoms with E-state index in [-0.39, 0.29) is 30.0 Å². The zero-order valence-corrected chi connectivity index (χ0v) is 19.5. The van der Waals surface area contributed by atoms with Crippen LogP contribution in [-0.2, 0) is 6.42 Å². The van der Waals surface area contributed by atoms with E-state index in [9.17, 15) is 32.3 Å². The van der Waals surface area contributed by atoms with E-state index in [1.165, 1.54) is 12.1 Å². The highest BCUT2D eigenvalue weighted by molar-refractivity contribution is 6.03. The molecule has 0 heterocycles. The summed E-state index contributed by atoms with van der Waals surface area (Å²) in [5, 5.41) is 18.7. The Bertz CT molecular complexity index is 1500. The maximum absolute atomic E-state index is 14.1. The number of aromatic hydroxyl groups is 1. The first-order chi connectivity index (χ1) is 17.7. The Labute approximate surface area is 208 Å². The van der Waals surface area contributed by atoms with Crippen molar-refractivity contribution in [2.45, 2.75) is 13.3 Å². The third-order valence-corrected chi connectivity index (χ3v) is 5.81. The number of benzene rings is 4. The summed E-state index contributed by atoms with van der Waals surface area (Å²) in [6.07, 6.45) is 0.243. The van der Waals surface area contributed by atoms with Gasteiger partial charge in [0.2, 0.25) is 0 Å². The van der Waals surface area contributed by atoms with Gasteiger partial charge in [-0.3, -0.25) is 4.79 Å². The van der Waals surface area contributed by atoms with Crippen molar-refractivity contribution in [3.63, 3.8) is 0 Å². The molecular weight excluding hydrogens is 490 g/mol. The van der Waals surface area contributed by atoms with Gasteiger partial charge in [0, 0.05) is 23.2 Å². The quantitative estimate of drug-likeness (QED) is 0.188. The minimum Gasteiger partial charge on any atom is -0.506 e. The SMILES string of the molecule is Cc1c(F)c(F)c(NC(=O)Nc2ccccc2CCNC(=O)c2ccc3ccccc3c2O)c(F)c1F. The number of phenolic OH excluding ortho intramolecular Hbond substituents is 1. The van der Waals surface area contributed by atoms with Crippen LogP contribution < -0.4 is 16.0 Å². The molecule has 3 amide bonds. The van der Waals surface area contributed by atoms with Gasteiger partial charge in [-0.05, 0) is 36.4 Å². The number of carbonyl (C=O) groups excluding carboxylic acids is 2. The topological polar surface area (TPSA) is 90.5 Å². The molecule has 0 aromatic heterocycles. The number of fused-ring (bicyclic) bond motifs is 1. The highest BCUT2D eigenvalue weighted by Gasteiger charge is 2.24. The first-order valence-electron chi connectivity index (χ1n) is 11.2. The van der Waals surface area contributed by atoms with E-state index in [1.54, 1.807) is 41.7 Å². The van der Waals surface area contributed by atoms with Crippen molar-refractivity contribution in [2.24, 2.45) is 0 Å². The van der Waals surface area contributed by atoms with Crippen molar-refractivity contribution in [1.82, 2.24) is 5.32 Å². The monoisotopic (exact) mass is 511 g/mol. The van der Waals surface area contributed by atoms with Crippen molar-refractivity contribution in [2.75, 3.05) is 17.2 Å². The molecule has 37 heavy (non-hydrogen) atoms. The summed E-state index contributed by atoms with van der Waals surface area (Å²) < 4.78 is 55.8. The second kappa shape index (κ2) is 10.6. The van der Waals surface area contributed by atoms with E-state index >= 15 is 0 Å². The van der Waals surface area contributed by atoms with Crippen LogP contribution in [0.2, 0.25) is 0 Å². The third kappa shape index (κ3) is 5.18. The molecule has 6 nitrogen and oxygen atoms in total. The predicted octanol–water partition coefficient (Wildman–Crippen LogP) is 6.03. The Hall–Kier alpha value is -4.60. The van der Waals surface area contributed by atoms with Crippen LogP contribution >= 0.6 is 0 Å². The molecular formula is C27H21F4N3O3. The summed E-state index contributed by atoms with van der Waals surface area (Å²) >= 11 is 0. The molecule has 190 valence electrons. The number of amides is 3. The minimum absolute atomic E-state index is 0.103. The van der Waals surface area contributed by atoms with E-state index in [4.69, 9.17) is 0 Å². The van der Waals surface area contributed by atoms with Crippen LogP contribution in [0.15, 0.2) is 60.7 Å². The zero-order valence-electron chi connectivity index (χ0n) is 19.5. The summed E-state index contributed by atoms with van der Waals surface area (Å²) in [6, 6.07) is 15.6. The van der Waals surface area contributed by atoms with Crippen LogP contribution in [0.1, 0.15) is 21.5 Å². The van der Waals surface area contributed by atoms with E-state index in [1.807, 2.05) is 12.1 Å². The highest BCUT2D eigenvalue weighted by atomic mass is 19.2. The maximum atomic E-state index is 14.1. The predicted molar refractivity (Wildman–Crippen MR) is 132 cm³/mol. The Morgan fingerprint density at radius 1 is 0.811 bits per heavy atom. The number of hydrogen-bond donors (Lipinski definition) is 4. The number of phenols is 1. The minimum atomic E-state index is -1.72. The molecule has 4 N–H and O–H groups in total. The first-order valence-corrected chi connectivity index (χ1v) is 11.2. The molecule has 0 saturated carbocycles. The molecule has 0 atom stereocenters. The van der Waals surface area contributed by atoms with Crippen molar-refractivity contribution >= 4 is 34.1 Å². The van der Waals surface area contributed by atoms with Crippen molar-refractivity contribution < 1.29 is 32.3 Å².